The normalized spacial score (nSPS) is 19.3. The van der Waals surface area contributed by atoms with Crippen molar-refractivity contribution in [2.75, 3.05) is 7.05 Å². The van der Waals surface area contributed by atoms with Gasteiger partial charge in [-0.2, -0.15) is 0 Å². The van der Waals surface area contributed by atoms with Crippen molar-refractivity contribution in [3.05, 3.63) is 58.6 Å². The first kappa shape index (κ1) is 31.3. The molecule has 0 bridgehead atoms. The summed E-state index contributed by atoms with van der Waals surface area (Å²) in [6.45, 7) is 18.5. The van der Waals surface area contributed by atoms with Crippen molar-refractivity contribution in [3.8, 4) is 11.1 Å². The molecule has 0 aliphatic carbocycles. The Hall–Kier alpha value is -1.26. The highest BCUT2D eigenvalue weighted by molar-refractivity contribution is 7.56. The molecule has 3 rings (SSSR count). The van der Waals surface area contributed by atoms with E-state index in [0.717, 1.165) is 22.3 Å². The lowest BCUT2D eigenvalue weighted by molar-refractivity contribution is -0.129. The standard InChI is InChI=1S/C28H44ClN2O4PSi2/c1-28(2,3)27-30-25(26(32)31(27)4)18-20-15-21(17-22(16-20)23-13-11-12-14-24(23)29)19-36(33,34-37(5,6)7)35-38(8,9)10/h11-17,25,27,30H,18-19H2,1-10H3/t25-,27+/m0/s1. The number of likely N-dealkylation sites (N-methyl/N-ethyl adjacent to an activating group) is 1. The number of carbonyl (C=O) groups excluding carboxylic acids is 1. The van der Waals surface area contributed by atoms with E-state index in [1.54, 1.807) is 4.90 Å². The molecule has 1 amide bonds. The first-order valence-electron chi connectivity index (χ1n) is 13.2. The monoisotopic (exact) mass is 594 g/mol. The van der Waals surface area contributed by atoms with Gasteiger partial charge in [-0.15, -0.1) is 0 Å². The smallest absolute Gasteiger partial charge is 0.315 e. The lowest BCUT2D eigenvalue weighted by atomic mass is 9.92. The molecular weight excluding hydrogens is 551 g/mol. The Kier molecular flexibility index (Phi) is 9.31. The van der Waals surface area contributed by atoms with Gasteiger partial charge in [0.2, 0.25) is 5.91 Å². The number of nitrogens with one attached hydrogen (secondary N) is 1. The summed E-state index contributed by atoms with van der Waals surface area (Å²) in [4.78, 5) is 15.0. The molecule has 1 fully saturated rings. The van der Waals surface area contributed by atoms with Crippen LogP contribution < -0.4 is 5.32 Å². The van der Waals surface area contributed by atoms with E-state index in [0.29, 0.717) is 11.4 Å². The first-order valence-corrected chi connectivity index (χ1v) is 22.1. The molecule has 0 spiro atoms. The molecule has 1 aliphatic rings. The Morgan fingerprint density at radius 3 is 2.03 bits per heavy atom. The topological polar surface area (TPSA) is 67.9 Å². The van der Waals surface area contributed by atoms with Gasteiger partial charge in [-0.05, 0) is 73.9 Å². The number of rotatable bonds is 9. The maximum Gasteiger partial charge on any atom is 0.315 e. The van der Waals surface area contributed by atoms with Crippen molar-refractivity contribution in [1.82, 2.24) is 10.2 Å². The van der Waals surface area contributed by atoms with Crippen LogP contribution >= 0.6 is 19.2 Å². The number of carbonyl (C=O) groups is 1. The van der Waals surface area contributed by atoms with Crippen LogP contribution in [0.15, 0.2) is 42.5 Å². The molecule has 2 aromatic rings. The Bertz CT molecular complexity index is 1200. The van der Waals surface area contributed by atoms with Crippen molar-refractivity contribution in [3.63, 3.8) is 0 Å². The van der Waals surface area contributed by atoms with Crippen LogP contribution in [0.3, 0.4) is 0 Å². The summed E-state index contributed by atoms with van der Waals surface area (Å²) in [5.41, 5.74) is 3.53. The minimum absolute atomic E-state index is 0.0540. The highest BCUT2D eigenvalue weighted by Crippen LogP contribution is 2.56. The van der Waals surface area contributed by atoms with E-state index in [1.165, 1.54) is 0 Å². The van der Waals surface area contributed by atoms with Gasteiger partial charge >= 0.3 is 7.60 Å². The molecule has 1 saturated heterocycles. The lowest BCUT2D eigenvalue weighted by Crippen LogP contribution is -2.45. The molecule has 10 heteroatoms. The number of amides is 1. The predicted octanol–water partition coefficient (Wildman–Crippen LogP) is 7.75. The second kappa shape index (κ2) is 11.3. The van der Waals surface area contributed by atoms with Crippen LogP contribution in [-0.2, 0) is 30.4 Å². The van der Waals surface area contributed by atoms with Crippen molar-refractivity contribution in [2.24, 2.45) is 5.41 Å². The minimum atomic E-state index is -3.42. The van der Waals surface area contributed by atoms with E-state index in [4.69, 9.17) is 20.0 Å². The summed E-state index contributed by atoms with van der Waals surface area (Å²) in [6.07, 6.45) is 0.625. The van der Waals surface area contributed by atoms with E-state index >= 15 is 0 Å². The van der Waals surface area contributed by atoms with Crippen LogP contribution in [0.25, 0.3) is 11.1 Å². The fourth-order valence-electron chi connectivity index (χ4n) is 4.92. The van der Waals surface area contributed by atoms with Crippen LogP contribution in [0, 0.1) is 5.41 Å². The Morgan fingerprint density at radius 2 is 1.53 bits per heavy atom. The van der Waals surface area contributed by atoms with E-state index in [-0.39, 0.29) is 29.7 Å². The zero-order valence-electron chi connectivity index (χ0n) is 24.5. The van der Waals surface area contributed by atoms with Crippen molar-refractivity contribution in [1.29, 1.82) is 0 Å². The van der Waals surface area contributed by atoms with Crippen molar-refractivity contribution < 1.29 is 17.8 Å². The van der Waals surface area contributed by atoms with Crippen molar-refractivity contribution >= 4 is 41.7 Å². The van der Waals surface area contributed by atoms with Crippen LogP contribution in [0.5, 0.6) is 0 Å². The Labute approximate surface area is 236 Å². The average molecular weight is 595 g/mol. The van der Waals surface area contributed by atoms with Gasteiger partial charge in [0, 0.05) is 17.6 Å². The largest absolute Gasteiger partial charge is 0.351 e. The number of hydrogen-bond donors (Lipinski definition) is 1. The molecule has 1 heterocycles. The number of nitrogens with zero attached hydrogens (tertiary/aromatic N) is 1. The first-order chi connectivity index (χ1) is 17.3. The number of hydrogen-bond acceptors (Lipinski definition) is 5. The van der Waals surface area contributed by atoms with Crippen LogP contribution in [-0.4, -0.2) is 46.7 Å². The summed E-state index contributed by atoms with van der Waals surface area (Å²) in [7, 11) is -5.89. The molecule has 2 aromatic carbocycles. The van der Waals surface area contributed by atoms with E-state index in [2.05, 4.69) is 32.2 Å². The predicted molar refractivity (Wildman–Crippen MR) is 164 cm³/mol. The number of halogens is 1. The second-order valence-corrected chi connectivity index (χ2v) is 25.2. The third-order valence-electron chi connectivity index (χ3n) is 6.09. The summed E-state index contributed by atoms with van der Waals surface area (Å²) in [5.74, 6) is 0.0735. The average Bonchev–Trinajstić information content (AvgIpc) is 2.99. The second-order valence-electron chi connectivity index (χ2n) is 13.3. The summed E-state index contributed by atoms with van der Waals surface area (Å²) >= 11 is 6.59. The maximum atomic E-state index is 14.2. The van der Waals surface area contributed by atoms with E-state index in [1.807, 2.05) is 82.7 Å². The summed E-state index contributed by atoms with van der Waals surface area (Å²) < 4.78 is 26.6. The zero-order valence-corrected chi connectivity index (χ0v) is 28.2. The molecular formula is C28H44ClN2O4PSi2. The van der Waals surface area contributed by atoms with Gasteiger partial charge in [-0.1, -0.05) is 68.8 Å². The third kappa shape index (κ3) is 8.37. The molecule has 1 aliphatic heterocycles. The number of benzene rings is 2. The van der Waals surface area contributed by atoms with E-state index < -0.39 is 24.2 Å². The van der Waals surface area contributed by atoms with Gasteiger partial charge in [0.05, 0.1) is 18.4 Å². The maximum absolute atomic E-state index is 14.2. The van der Waals surface area contributed by atoms with Gasteiger partial charge < -0.3 is 13.3 Å². The highest BCUT2D eigenvalue weighted by atomic mass is 35.5. The summed E-state index contributed by atoms with van der Waals surface area (Å²) in [5, 5.41) is 4.17. The fraction of sp³-hybridized carbons (Fsp3) is 0.536. The van der Waals surface area contributed by atoms with Crippen LogP contribution in [0.2, 0.25) is 44.3 Å². The molecule has 0 aromatic heterocycles. The quantitative estimate of drug-likeness (QED) is 0.237. The van der Waals surface area contributed by atoms with Crippen molar-refractivity contribution in [2.45, 2.75) is 84.8 Å². The highest BCUT2D eigenvalue weighted by Gasteiger charge is 2.42. The third-order valence-corrected chi connectivity index (χ3v) is 13.8. The van der Waals surface area contributed by atoms with Gasteiger partial charge in [0.25, 0.3) is 0 Å². The van der Waals surface area contributed by atoms with Gasteiger partial charge in [-0.25, -0.2) is 0 Å². The minimum Gasteiger partial charge on any atom is -0.351 e. The lowest BCUT2D eigenvalue weighted by Gasteiger charge is -2.32. The molecule has 38 heavy (non-hydrogen) atoms. The molecule has 2 atom stereocenters. The van der Waals surface area contributed by atoms with E-state index in [9.17, 15) is 9.36 Å². The Morgan fingerprint density at radius 1 is 0.974 bits per heavy atom. The van der Waals surface area contributed by atoms with Gasteiger partial charge in [-0.3, -0.25) is 14.7 Å². The van der Waals surface area contributed by atoms with Crippen LogP contribution in [0.4, 0.5) is 0 Å². The zero-order chi connectivity index (χ0) is 28.7. The molecule has 0 unspecified atom stereocenters. The Balaban J connectivity index is 2.05. The summed E-state index contributed by atoms with van der Waals surface area (Å²) in [6, 6.07) is 13.5. The molecule has 210 valence electrons. The fourth-order valence-corrected chi connectivity index (χ4v) is 13.5. The molecule has 6 nitrogen and oxygen atoms in total. The van der Waals surface area contributed by atoms with Gasteiger partial charge in [0.15, 0.2) is 16.6 Å². The molecule has 0 radical (unpaired) electrons. The van der Waals surface area contributed by atoms with Crippen LogP contribution in [0.1, 0.15) is 31.9 Å². The van der Waals surface area contributed by atoms with Gasteiger partial charge in [0.1, 0.15) is 0 Å². The molecule has 0 saturated carbocycles. The SMILES string of the molecule is CN1C(=O)[C@H](Cc2cc(CP(=O)(O[Si](C)(C)C)O[Si](C)(C)C)cc(-c3ccccc3Cl)c2)N[C@H]1C(C)(C)C. The molecule has 1 N–H and O–H groups in total.